The largest absolute Gasteiger partial charge is 0.453 e. The van der Waals surface area contributed by atoms with E-state index in [2.05, 4.69) is 15.6 Å². The summed E-state index contributed by atoms with van der Waals surface area (Å²) in [6.45, 7) is 1.09. The normalized spacial score (nSPS) is 18.6. The quantitative estimate of drug-likeness (QED) is 0.824. The number of benzene rings is 1. The van der Waals surface area contributed by atoms with Gasteiger partial charge in [0.05, 0.1) is 0 Å². The number of pyridine rings is 1. The second-order valence-electron chi connectivity index (χ2n) is 6.36. The smallest absolute Gasteiger partial charge is 0.322 e. The number of carbonyl (C=O) groups is 2. The van der Waals surface area contributed by atoms with E-state index in [1.54, 1.807) is 30.5 Å². The van der Waals surface area contributed by atoms with Crippen LogP contribution < -0.4 is 20.3 Å². The summed E-state index contributed by atoms with van der Waals surface area (Å²) in [4.78, 5) is 29.9. The molecule has 2 aliphatic heterocycles. The summed E-state index contributed by atoms with van der Waals surface area (Å²) in [5.74, 6) is 1.11. The second kappa shape index (κ2) is 6.29. The molecule has 2 N–H and O–H groups in total. The van der Waals surface area contributed by atoms with Crippen LogP contribution in [0.5, 0.6) is 11.5 Å². The summed E-state index contributed by atoms with van der Waals surface area (Å²) in [5.41, 5.74) is -0.833. The number of amides is 3. The molecule has 2 saturated heterocycles. The monoisotopic (exact) mass is 356 g/mol. The van der Waals surface area contributed by atoms with Crippen LogP contribution in [0.2, 0.25) is 0 Å². The van der Waals surface area contributed by atoms with E-state index in [4.69, 9.17) is 4.74 Å². The Labute approximate surface area is 149 Å². The van der Waals surface area contributed by atoms with E-state index >= 15 is 0 Å². The molecule has 2 aromatic rings. The number of hydrogen-bond donors (Lipinski definition) is 2. The zero-order valence-electron chi connectivity index (χ0n) is 13.9. The van der Waals surface area contributed by atoms with Gasteiger partial charge in [-0.1, -0.05) is 0 Å². The highest BCUT2D eigenvalue weighted by Crippen LogP contribution is 2.34. The summed E-state index contributed by atoms with van der Waals surface area (Å²) in [7, 11) is 0. The van der Waals surface area contributed by atoms with Gasteiger partial charge in [0.15, 0.2) is 11.6 Å². The number of urea groups is 1. The minimum Gasteiger partial charge on any atom is -0.453 e. The van der Waals surface area contributed by atoms with E-state index in [-0.39, 0.29) is 11.7 Å². The van der Waals surface area contributed by atoms with Crippen LogP contribution in [0.25, 0.3) is 0 Å². The molecule has 0 bridgehead atoms. The van der Waals surface area contributed by atoms with Crippen LogP contribution in [0.3, 0.4) is 0 Å². The molecule has 26 heavy (non-hydrogen) atoms. The molecule has 7 nitrogen and oxygen atoms in total. The number of piperidine rings is 1. The zero-order valence-corrected chi connectivity index (χ0v) is 13.9. The van der Waals surface area contributed by atoms with Crippen LogP contribution in [0.4, 0.5) is 15.0 Å². The molecule has 1 aromatic carbocycles. The summed E-state index contributed by atoms with van der Waals surface area (Å²) in [6, 6.07) is 8.88. The van der Waals surface area contributed by atoms with Gasteiger partial charge in [0, 0.05) is 19.3 Å². The van der Waals surface area contributed by atoms with Crippen molar-refractivity contribution < 1.29 is 18.7 Å². The molecule has 3 heterocycles. The molecule has 0 saturated carbocycles. The summed E-state index contributed by atoms with van der Waals surface area (Å²) < 4.78 is 18.9. The average molecular weight is 356 g/mol. The van der Waals surface area contributed by atoms with Crippen molar-refractivity contribution in [1.29, 1.82) is 0 Å². The SMILES string of the molecule is O=C1NC(=O)C2(CCN(c3ncccc3Oc3ccc(F)cc3)CC2)N1. The summed E-state index contributed by atoms with van der Waals surface area (Å²) >= 11 is 0. The maximum Gasteiger partial charge on any atom is 0.322 e. The highest BCUT2D eigenvalue weighted by molar-refractivity contribution is 6.07. The van der Waals surface area contributed by atoms with Gasteiger partial charge in [0.25, 0.3) is 5.91 Å². The third kappa shape index (κ3) is 2.94. The number of hydrogen-bond acceptors (Lipinski definition) is 5. The zero-order chi connectivity index (χ0) is 18.1. The molecule has 1 aromatic heterocycles. The first kappa shape index (κ1) is 16.3. The maximum absolute atomic E-state index is 13.1. The summed E-state index contributed by atoms with van der Waals surface area (Å²) in [6.07, 6.45) is 2.63. The third-order valence-corrected chi connectivity index (χ3v) is 4.72. The van der Waals surface area contributed by atoms with Crippen molar-refractivity contribution in [2.75, 3.05) is 18.0 Å². The number of aromatic nitrogens is 1. The predicted molar refractivity (Wildman–Crippen MR) is 91.6 cm³/mol. The topological polar surface area (TPSA) is 83.6 Å². The number of ether oxygens (including phenoxy) is 1. The molecule has 1 spiro atoms. The molecule has 8 heteroatoms. The van der Waals surface area contributed by atoms with Crippen molar-refractivity contribution in [2.24, 2.45) is 0 Å². The number of carbonyl (C=O) groups excluding carboxylic acids is 2. The van der Waals surface area contributed by atoms with Crippen LogP contribution in [0.1, 0.15) is 12.8 Å². The standard InChI is InChI=1S/C18H17FN4O3/c19-12-3-5-13(6-4-12)26-14-2-1-9-20-15(14)23-10-7-18(8-11-23)16(24)21-17(25)22-18/h1-6,9H,7-8,10-11H2,(H2,21,22,24,25). The van der Waals surface area contributed by atoms with Crippen molar-refractivity contribution in [3.8, 4) is 11.5 Å². The molecular formula is C18H17FN4O3. The second-order valence-corrected chi connectivity index (χ2v) is 6.36. The van der Waals surface area contributed by atoms with Crippen LogP contribution in [0.15, 0.2) is 42.6 Å². The molecule has 0 atom stereocenters. The third-order valence-electron chi connectivity index (χ3n) is 4.72. The van der Waals surface area contributed by atoms with Crippen molar-refractivity contribution >= 4 is 17.8 Å². The van der Waals surface area contributed by atoms with Gasteiger partial charge in [-0.15, -0.1) is 0 Å². The fraction of sp³-hybridized carbons (Fsp3) is 0.278. The molecule has 0 aliphatic carbocycles. The Morgan fingerprint density at radius 1 is 1.12 bits per heavy atom. The number of nitrogens with zero attached hydrogens (tertiary/aromatic N) is 2. The predicted octanol–water partition coefficient (Wildman–Crippen LogP) is 2.19. The van der Waals surface area contributed by atoms with Gasteiger partial charge in [-0.3, -0.25) is 10.1 Å². The van der Waals surface area contributed by atoms with E-state index in [9.17, 15) is 14.0 Å². The van der Waals surface area contributed by atoms with E-state index < -0.39 is 11.6 Å². The Bertz CT molecular complexity index is 848. The summed E-state index contributed by atoms with van der Waals surface area (Å²) in [5, 5.41) is 5.04. The van der Waals surface area contributed by atoms with Gasteiger partial charge in [-0.25, -0.2) is 14.2 Å². The lowest BCUT2D eigenvalue weighted by Crippen LogP contribution is -2.55. The van der Waals surface area contributed by atoms with Crippen LogP contribution in [-0.2, 0) is 4.79 Å². The molecule has 134 valence electrons. The lowest BCUT2D eigenvalue weighted by molar-refractivity contribution is -0.124. The fourth-order valence-electron chi connectivity index (χ4n) is 3.31. The number of halogens is 1. The van der Waals surface area contributed by atoms with Gasteiger partial charge in [-0.2, -0.15) is 0 Å². The van der Waals surface area contributed by atoms with Crippen molar-refractivity contribution in [1.82, 2.24) is 15.6 Å². The van der Waals surface area contributed by atoms with Gasteiger partial charge in [0.1, 0.15) is 17.1 Å². The van der Waals surface area contributed by atoms with Crippen LogP contribution >= 0.6 is 0 Å². The highest BCUT2D eigenvalue weighted by Gasteiger charge is 2.48. The van der Waals surface area contributed by atoms with Crippen LogP contribution in [-0.4, -0.2) is 35.6 Å². The Kier molecular flexibility index (Phi) is 3.95. The number of imide groups is 1. The molecule has 3 amide bonds. The Morgan fingerprint density at radius 3 is 2.50 bits per heavy atom. The molecular weight excluding hydrogens is 339 g/mol. The van der Waals surface area contributed by atoms with Gasteiger partial charge in [-0.05, 0) is 49.2 Å². The molecule has 0 radical (unpaired) electrons. The molecule has 2 aliphatic rings. The molecule has 2 fully saturated rings. The number of rotatable bonds is 3. The average Bonchev–Trinajstić information content (AvgIpc) is 2.91. The van der Waals surface area contributed by atoms with E-state index in [1.165, 1.54) is 12.1 Å². The van der Waals surface area contributed by atoms with Crippen LogP contribution in [0, 0.1) is 5.82 Å². The first-order valence-electron chi connectivity index (χ1n) is 8.33. The van der Waals surface area contributed by atoms with E-state index in [1.807, 2.05) is 4.90 Å². The van der Waals surface area contributed by atoms with Gasteiger partial charge < -0.3 is 15.0 Å². The van der Waals surface area contributed by atoms with Gasteiger partial charge in [0.2, 0.25) is 0 Å². The Hall–Kier alpha value is -3.16. The lowest BCUT2D eigenvalue weighted by Gasteiger charge is -2.37. The van der Waals surface area contributed by atoms with Crippen molar-refractivity contribution in [3.05, 3.63) is 48.4 Å². The van der Waals surface area contributed by atoms with Crippen molar-refractivity contribution in [3.63, 3.8) is 0 Å². The van der Waals surface area contributed by atoms with Crippen molar-refractivity contribution in [2.45, 2.75) is 18.4 Å². The Balaban J connectivity index is 1.51. The number of nitrogens with one attached hydrogen (secondary N) is 2. The first-order valence-corrected chi connectivity index (χ1v) is 8.33. The number of anilines is 1. The fourth-order valence-corrected chi connectivity index (χ4v) is 3.31. The van der Waals surface area contributed by atoms with Gasteiger partial charge >= 0.3 is 6.03 Å². The first-order chi connectivity index (χ1) is 12.6. The molecule has 4 rings (SSSR count). The van der Waals surface area contributed by atoms with E-state index in [0.29, 0.717) is 43.2 Å². The Morgan fingerprint density at radius 2 is 1.85 bits per heavy atom. The van der Waals surface area contributed by atoms with E-state index in [0.717, 1.165) is 0 Å². The minimum atomic E-state index is -0.833. The highest BCUT2D eigenvalue weighted by atomic mass is 19.1. The molecule has 0 unspecified atom stereocenters. The lowest BCUT2D eigenvalue weighted by atomic mass is 9.88. The minimum absolute atomic E-state index is 0.272. The maximum atomic E-state index is 13.1.